The predicted octanol–water partition coefficient (Wildman–Crippen LogP) is 2.49. The Kier molecular flexibility index (Phi) is 4.48. The second kappa shape index (κ2) is 5.39. The molecule has 1 rings (SSSR count). The molecular formula is C14H25NO4. The Labute approximate surface area is 115 Å². The third-order valence-electron chi connectivity index (χ3n) is 3.56. The van der Waals surface area contributed by atoms with Crippen molar-refractivity contribution in [2.24, 2.45) is 11.8 Å². The van der Waals surface area contributed by atoms with Crippen LogP contribution in [0.25, 0.3) is 0 Å². The van der Waals surface area contributed by atoms with E-state index in [2.05, 4.69) is 5.32 Å². The molecule has 1 saturated carbocycles. The first-order chi connectivity index (χ1) is 8.62. The van der Waals surface area contributed by atoms with Gasteiger partial charge >= 0.3 is 12.1 Å². The van der Waals surface area contributed by atoms with Crippen LogP contribution in [-0.2, 0) is 14.3 Å². The van der Waals surface area contributed by atoms with E-state index in [4.69, 9.17) is 9.47 Å². The second-order valence-electron chi connectivity index (χ2n) is 6.48. The van der Waals surface area contributed by atoms with Crippen molar-refractivity contribution in [1.82, 2.24) is 5.32 Å². The summed E-state index contributed by atoms with van der Waals surface area (Å²) in [5.41, 5.74) is -1.51. The molecule has 1 amide bonds. The maximum Gasteiger partial charge on any atom is 0.408 e. The number of carbonyl (C=O) groups is 2. The fourth-order valence-electron chi connectivity index (χ4n) is 2.63. The van der Waals surface area contributed by atoms with Crippen molar-refractivity contribution in [1.29, 1.82) is 0 Å². The van der Waals surface area contributed by atoms with Gasteiger partial charge < -0.3 is 14.8 Å². The molecule has 5 heteroatoms. The average Bonchev–Trinajstić information content (AvgIpc) is 2.19. The minimum Gasteiger partial charge on any atom is -0.467 e. The van der Waals surface area contributed by atoms with E-state index in [9.17, 15) is 9.59 Å². The number of amides is 1. The first kappa shape index (κ1) is 15.8. The number of methoxy groups -OCH3 is 1. The zero-order valence-corrected chi connectivity index (χ0v) is 12.7. The fraction of sp³-hybridized carbons (Fsp3) is 0.857. The molecule has 0 aromatic rings. The van der Waals surface area contributed by atoms with E-state index >= 15 is 0 Å². The second-order valence-corrected chi connectivity index (χ2v) is 6.48. The lowest BCUT2D eigenvalue weighted by Gasteiger charge is -2.49. The molecular weight excluding hydrogens is 246 g/mol. The largest absolute Gasteiger partial charge is 0.467 e. The summed E-state index contributed by atoms with van der Waals surface area (Å²) in [5, 5.41) is 2.73. The van der Waals surface area contributed by atoms with Crippen LogP contribution in [0.4, 0.5) is 4.79 Å². The van der Waals surface area contributed by atoms with Crippen molar-refractivity contribution in [2.45, 2.75) is 58.6 Å². The van der Waals surface area contributed by atoms with E-state index in [-0.39, 0.29) is 11.9 Å². The van der Waals surface area contributed by atoms with E-state index in [1.54, 1.807) is 20.8 Å². The summed E-state index contributed by atoms with van der Waals surface area (Å²) in [5.74, 6) is -0.00133. The molecule has 1 aliphatic rings. The summed E-state index contributed by atoms with van der Waals surface area (Å²) in [6.45, 7) is 9.45. The van der Waals surface area contributed by atoms with Gasteiger partial charge in [0.2, 0.25) is 0 Å². The molecule has 110 valence electrons. The Morgan fingerprint density at radius 1 is 1.32 bits per heavy atom. The first-order valence-corrected chi connectivity index (χ1v) is 6.72. The molecule has 0 saturated heterocycles. The Morgan fingerprint density at radius 3 is 2.21 bits per heavy atom. The Hall–Kier alpha value is -1.26. The highest BCUT2D eigenvalue weighted by Gasteiger charge is 2.56. The van der Waals surface area contributed by atoms with Gasteiger partial charge in [0.05, 0.1) is 7.11 Å². The molecule has 1 N–H and O–H groups in total. The van der Waals surface area contributed by atoms with Crippen LogP contribution < -0.4 is 5.32 Å². The molecule has 1 aliphatic carbocycles. The number of rotatable bonds is 3. The summed E-state index contributed by atoms with van der Waals surface area (Å²) in [6.07, 6.45) is 0.938. The third-order valence-corrected chi connectivity index (χ3v) is 3.56. The van der Waals surface area contributed by atoms with Gasteiger partial charge in [0.25, 0.3) is 0 Å². The zero-order valence-electron chi connectivity index (χ0n) is 12.7. The Morgan fingerprint density at radius 2 is 1.89 bits per heavy atom. The minimum absolute atomic E-state index is 0.0902. The summed E-state index contributed by atoms with van der Waals surface area (Å²) >= 11 is 0. The molecule has 1 fully saturated rings. The van der Waals surface area contributed by atoms with Gasteiger partial charge in [-0.1, -0.05) is 13.8 Å². The van der Waals surface area contributed by atoms with E-state index in [1.165, 1.54) is 7.11 Å². The van der Waals surface area contributed by atoms with Crippen molar-refractivity contribution in [2.75, 3.05) is 7.11 Å². The number of hydrogen-bond acceptors (Lipinski definition) is 4. The normalized spacial score (nSPS) is 26.6. The van der Waals surface area contributed by atoms with Gasteiger partial charge in [0.15, 0.2) is 0 Å². The van der Waals surface area contributed by atoms with Gasteiger partial charge in [-0.2, -0.15) is 0 Å². The molecule has 0 bridgehead atoms. The Bertz CT molecular complexity index is 359. The predicted molar refractivity (Wildman–Crippen MR) is 71.7 cm³/mol. The average molecular weight is 271 g/mol. The van der Waals surface area contributed by atoms with Crippen LogP contribution in [0.15, 0.2) is 0 Å². The van der Waals surface area contributed by atoms with Crippen molar-refractivity contribution >= 4 is 12.1 Å². The lowest BCUT2D eigenvalue weighted by atomic mass is 9.62. The van der Waals surface area contributed by atoms with Gasteiger partial charge in [0, 0.05) is 0 Å². The molecule has 5 nitrogen and oxygen atoms in total. The van der Waals surface area contributed by atoms with Crippen LogP contribution in [-0.4, -0.2) is 30.3 Å². The smallest absolute Gasteiger partial charge is 0.408 e. The van der Waals surface area contributed by atoms with Crippen molar-refractivity contribution in [3.05, 3.63) is 0 Å². The Balaban J connectivity index is 2.83. The number of carbonyl (C=O) groups excluding carboxylic acids is 2. The molecule has 2 atom stereocenters. The van der Waals surface area contributed by atoms with Crippen molar-refractivity contribution in [3.63, 3.8) is 0 Å². The number of esters is 1. The van der Waals surface area contributed by atoms with Gasteiger partial charge in [-0.15, -0.1) is 0 Å². The third kappa shape index (κ3) is 3.39. The van der Waals surface area contributed by atoms with Crippen LogP contribution in [0, 0.1) is 11.8 Å². The van der Waals surface area contributed by atoms with Crippen LogP contribution in [0.1, 0.15) is 47.5 Å². The van der Waals surface area contributed by atoms with Crippen LogP contribution >= 0.6 is 0 Å². The standard InChI is InChI=1S/C14H25NO4/c1-9(2)10-7-8-14(10,11(16)18-6)15-12(17)19-13(3,4)5/h9-10H,7-8H2,1-6H3,(H,15,17)/t10-,14-/m0/s1. The highest BCUT2D eigenvalue weighted by atomic mass is 16.6. The van der Waals surface area contributed by atoms with Gasteiger partial charge in [-0.25, -0.2) is 9.59 Å². The molecule has 0 heterocycles. The summed E-state index contributed by atoms with van der Waals surface area (Å²) in [4.78, 5) is 24.0. The van der Waals surface area contributed by atoms with E-state index in [0.29, 0.717) is 12.3 Å². The van der Waals surface area contributed by atoms with E-state index in [0.717, 1.165) is 6.42 Å². The molecule has 0 radical (unpaired) electrons. The first-order valence-electron chi connectivity index (χ1n) is 6.72. The van der Waals surface area contributed by atoms with Crippen molar-refractivity contribution < 1.29 is 19.1 Å². The van der Waals surface area contributed by atoms with E-state index in [1.807, 2.05) is 13.8 Å². The number of alkyl carbamates (subject to hydrolysis) is 1. The summed E-state index contributed by atoms with van der Waals surface area (Å²) < 4.78 is 10.1. The molecule has 0 unspecified atom stereocenters. The molecule has 0 aromatic carbocycles. The zero-order chi connectivity index (χ0) is 14.8. The molecule has 0 aliphatic heterocycles. The van der Waals surface area contributed by atoms with Crippen molar-refractivity contribution in [3.8, 4) is 0 Å². The van der Waals surface area contributed by atoms with Gasteiger partial charge in [0.1, 0.15) is 11.1 Å². The maximum absolute atomic E-state index is 12.0. The number of hydrogen-bond donors (Lipinski definition) is 1. The number of nitrogens with one attached hydrogen (secondary N) is 1. The molecule has 0 aromatic heterocycles. The lowest BCUT2D eigenvalue weighted by Crippen LogP contribution is -2.67. The highest BCUT2D eigenvalue weighted by molar-refractivity contribution is 5.87. The summed E-state index contributed by atoms with van der Waals surface area (Å²) in [6, 6.07) is 0. The number of ether oxygens (including phenoxy) is 2. The molecule has 19 heavy (non-hydrogen) atoms. The van der Waals surface area contributed by atoms with Crippen LogP contribution in [0.2, 0.25) is 0 Å². The van der Waals surface area contributed by atoms with Crippen LogP contribution in [0.3, 0.4) is 0 Å². The fourth-order valence-corrected chi connectivity index (χ4v) is 2.63. The van der Waals surface area contributed by atoms with Gasteiger partial charge in [-0.3, -0.25) is 0 Å². The quantitative estimate of drug-likeness (QED) is 0.801. The lowest BCUT2D eigenvalue weighted by molar-refractivity contribution is -0.158. The summed E-state index contributed by atoms with van der Waals surface area (Å²) in [7, 11) is 1.34. The van der Waals surface area contributed by atoms with Gasteiger partial charge in [-0.05, 0) is 45.4 Å². The SMILES string of the molecule is COC(=O)[C@]1(NC(=O)OC(C)(C)C)CC[C@H]1C(C)C. The van der Waals surface area contributed by atoms with Crippen LogP contribution in [0.5, 0.6) is 0 Å². The monoisotopic (exact) mass is 271 g/mol. The minimum atomic E-state index is -0.925. The highest BCUT2D eigenvalue weighted by Crippen LogP contribution is 2.44. The van der Waals surface area contributed by atoms with E-state index < -0.39 is 17.2 Å². The topological polar surface area (TPSA) is 64.6 Å². The molecule has 0 spiro atoms. The maximum atomic E-state index is 12.0.